The van der Waals surface area contributed by atoms with Crippen molar-refractivity contribution in [1.29, 1.82) is 0 Å². The van der Waals surface area contributed by atoms with Gasteiger partial charge in [0.05, 0.1) is 11.1 Å². The van der Waals surface area contributed by atoms with Crippen LogP contribution in [0, 0.1) is 0 Å². The van der Waals surface area contributed by atoms with E-state index in [4.69, 9.17) is 16.0 Å². The van der Waals surface area contributed by atoms with E-state index in [1.165, 1.54) is 48.5 Å². The zero-order valence-electron chi connectivity index (χ0n) is 13.9. The number of phenols is 1. The van der Waals surface area contributed by atoms with E-state index in [1.807, 2.05) is 5.32 Å². The minimum Gasteiger partial charge on any atom is -0.507 e. The van der Waals surface area contributed by atoms with Gasteiger partial charge in [0.1, 0.15) is 11.5 Å². The van der Waals surface area contributed by atoms with E-state index in [9.17, 15) is 27.9 Å². The normalized spacial score (nSPS) is 11.3. The van der Waals surface area contributed by atoms with Crippen LogP contribution in [-0.2, 0) is 6.18 Å². The molecule has 2 amide bonds. The molecule has 0 saturated carbocycles. The summed E-state index contributed by atoms with van der Waals surface area (Å²) in [6.45, 7) is 0. The summed E-state index contributed by atoms with van der Waals surface area (Å²) in [5, 5.41) is 11.8. The maximum absolute atomic E-state index is 13.3. The van der Waals surface area contributed by atoms with Gasteiger partial charge in [-0.15, -0.1) is 0 Å². The van der Waals surface area contributed by atoms with Crippen LogP contribution in [0.25, 0.3) is 11.3 Å². The SMILES string of the molecule is O=C(NC(=O)c1cc(-c2ccc(Cl)cc2)oc1C(F)(F)F)c1ccccc1O. The van der Waals surface area contributed by atoms with Gasteiger partial charge in [-0.3, -0.25) is 14.9 Å². The second-order valence-corrected chi connectivity index (χ2v) is 6.09. The molecule has 3 aromatic rings. The van der Waals surface area contributed by atoms with Crippen molar-refractivity contribution in [2.24, 2.45) is 0 Å². The third kappa shape index (κ3) is 4.01. The molecule has 0 radical (unpaired) electrons. The van der Waals surface area contributed by atoms with Crippen LogP contribution in [0.15, 0.2) is 59.0 Å². The van der Waals surface area contributed by atoms with Crippen LogP contribution in [-0.4, -0.2) is 16.9 Å². The second-order valence-electron chi connectivity index (χ2n) is 5.66. The van der Waals surface area contributed by atoms with Gasteiger partial charge in [0.25, 0.3) is 11.8 Å². The zero-order chi connectivity index (χ0) is 20.5. The number of halogens is 4. The number of furan rings is 1. The van der Waals surface area contributed by atoms with Gasteiger partial charge in [-0.05, 0) is 42.5 Å². The fraction of sp³-hybridized carbons (Fsp3) is 0.0526. The third-order valence-corrected chi connectivity index (χ3v) is 3.99. The number of benzene rings is 2. The number of nitrogens with one attached hydrogen (secondary N) is 1. The molecule has 0 saturated heterocycles. The molecule has 0 aliphatic rings. The minimum absolute atomic E-state index is 0.218. The number of imide groups is 1. The maximum atomic E-state index is 13.3. The molecular weight excluding hydrogens is 399 g/mol. The Labute approximate surface area is 161 Å². The fourth-order valence-corrected chi connectivity index (χ4v) is 2.56. The van der Waals surface area contributed by atoms with E-state index >= 15 is 0 Å². The largest absolute Gasteiger partial charge is 0.507 e. The summed E-state index contributed by atoms with van der Waals surface area (Å²) < 4.78 is 44.8. The predicted molar refractivity (Wildman–Crippen MR) is 94.1 cm³/mol. The number of aromatic hydroxyl groups is 1. The molecule has 1 aromatic heterocycles. The number of carbonyl (C=O) groups is 2. The molecule has 0 fully saturated rings. The van der Waals surface area contributed by atoms with Crippen molar-refractivity contribution in [3.8, 4) is 17.1 Å². The standard InChI is InChI=1S/C19H11ClF3NO4/c20-11-7-5-10(6-8-11)15-9-13(16(28-15)19(21,22)23)18(27)24-17(26)12-3-1-2-4-14(12)25/h1-9,25H,(H,24,26,27). The Morgan fingerprint density at radius 2 is 1.57 bits per heavy atom. The van der Waals surface area contributed by atoms with Crippen molar-refractivity contribution in [3.05, 3.63) is 76.5 Å². The highest BCUT2D eigenvalue weighted by Gasteiger charge is 2.41. The van der Waals surface area contributed by atoms with E-state index in [1.54, 1.807) is 0 Å². The summed E-state index contributed by atoms with van der Waals surface area (Å²) in [5.74, 6) is -4.54. The van der Waals surface area contributed by atoms with Crippen molar-refractivity contribution in [2.75, 3.05) is 0 Å². The van der Waals surface area contributed by atoms with Gasteiger partial charge in [-0.1, -0.05) is 23.7 Å². The Morgan fingerprint density at radius 1 is 0.964 bits per heavy atom. The quantitative estimate of drug-likeness (QED) is 0.603. The van der Waals surface area contributed by atoms with Gasteiger partial charge in [0.15, 0.2) is 0 Å². The molecule has 0 bridgehead atoms. The van der Waals surface area contributed by atoms with Crippen LogP contribution < -0.4 is 5.32 Å². The number of hydrogen-bond acceptors (Lipinski definition) is 4. The Kier molecular flexibility index (Phi) is 5.15. The molecule has 0 atom stereocenters. The van der Waals surface area contributed by atoms with E-state index in [2.05, 4.69) is 0 Å². The molecule has 9 heteroatoms. The van der Waals surface area contributed by atoms with Crippen molar-refractivity contribution in [2.45, 2.75) is 6.18 Å². The molecule has 2 aromatic carbocycles. The van der Waals surface area contributed by atoms with Gasteiger partial charge in [-0.25, -0.2) is 0 Å². The first kappa shape index (κ1) is 19.5. The zero-order valence-corrected chi connectivity index (χ0v) is 14.6. The summed E-state index contributed by atoms with van der Waals surface area (Å²) in [5.41, 5.74) is -0.854. The molecule has 5 nitrogen and oxygen atoms in total. The highest BCUT2D eigenvalue weighted by atomic mass is 35.5. The topological polar surface area (TPSA) is 79.5 Å². The Bertz CT molecular complexity index is 1040. The minimum atomic E-state index is -4.96. The lowest BCUT2D eigenvalue weighted by Crippen LogP contribution is -2.31. The average Bonchev–Trinajstić information content (AvgIpc) is 3.08. The van der Waals surface area contributed by atoms with Crippen LogP contribution >= 0.6 is 11.6 Å². The van der Waals surface area contributed by atoms with Gasteiger partial charge in [0.2, 0.25) is 5.76 Å². The molecular formula is C19H11ClF3NO4. The summed E-state index contributed by atoms with van der Waals surface area (Å²) in [6, 6.07) is 11.9. The first-order valence-electron chi connectivity index (χ1n) is 7.77. The number of carbonyl (C=O) groups excluding carboxylic acids is 2. The van der Waals surface area contributed by atoms with Crippen molar-refractivity contribution < 1.29 is 32.3 Å². The summed E-state index contributed by atoms with van der Waals surface area (Å²) >= 11 is 5.75. The Morgan fingerprint density at radius 3 is 2.18 bits per heavy atom. The van der Waals surface area contributed by atoms with E-state index < -0.39 is 35.1 Å². The lowest BCUT2D eigenvalue weighted by Gasteiger charge is -2.07. The van der Waals surface area contributed by atoms with Gasteiger partial charge < -0.3 is 9.52 Å². The number of rotatable bonds is 3. The summed E-state index contributed by atoms with van der Waals surface area (Å²) in [4.78, 5) is 24.4. The number of amides is 2. The molecule has 144 valence electrons. The molecule has 0 aliphatic heterocycles. The molecule has 3 rings (SSSR count). The van der Waals surface area contributed by atoms with Crippen molar-refractivity contribution in [1.82, 2.24) is 5.32 Å². The van der Waals surface area contributed by atoms with Crippen LogP contribution in [0.3, 0.4) is 0 Å². The molecule has 1 heterocycles. The van der Waals surface area contributed by atoms with Crippen LogP contribution in [0.1, 0.15) is 26.5 Å². The lowest BCUT2D eigenvalue weighted by molar-refractivity contribution is -0.153. The van der Waals surface area contributed by atoms with Gasteiger partial charge in [-0.2, -0.15) is 13.2 Å². The number of phenolic OH excluding ortho intramolecular Hbond substituents is 1. The first-order valence-corrected chi connectivity index (χ1v) is 8.15. The lowest BCUT2D eigenvalue weighted by atomic mass is 10.1. The summed E-state index contributed by atoms with van der Waals surface area (Å²) in [6.07, 6.45) is -4.96. The van der Waals surface area contributed by atoms with Crippen molar-refractivity contribution in [3.63, 3.8) is 0 Å². The molecule has 2 N–H and O–H groups in total. The van der Waals surface area contributed by atoms with E-state index in [0.717, 1.165) is 6.07 Å². The van der Waals surface area contributed by atoms with E-state index in [-0.39, 0.29) is 16.9 Å². The Balaban J connectivity index is 1.95. The second kappa shape index (κ2) is 7.40. The highest BCUT2D eigenvalue weighted by Crippen LogP contribution is 2.37. The first-order chi connectivity index (χ1) is 13.2. The third-order valence-electron chi connectivity index (χ3n) is 3.74. The highest BCUT2D eigenvalue weighted by molar-refractivity contribution is 6.30. The van der Waals surface area contributed by atoms with Crippen LogP contribution in [0.2, 0.25) is 5.02 Å². The van der Waals surface area contributed by atoms with Crippen LogP contribution in [0.4, 0.5) is 13.2 Å². The number of para-hydroxylation sites is 1. The van der Waals surface area contributed by atoms with E-state index in [0.29, 0.717) is 5.02 Å². The molecule has 0 spiro atoms. The average molecular weight is 410 g/mol. The van der Waals surface area contributed by atoms with Crippen LogP contribution in [0.5, 0.6) is 5.75 Å². The van der Waals surface area contributed by atoms with Gasteiger partial charge >= 0.3 is 6.18 Å². The molecule has 28 heavy (non-hydrogen) atoms. The molecule has 0 aliphatic carbocycles. The molecule has 0 unspecified atom stereocenters. The van der Waals surface area contributed by atoms with Gasteiger partial charge in [0, 0.05) is 10.6 Å². The smallest absolute Gasteiger partial charge is 0.450 e. The maximum Gasteiger partial charge on any atom is 0.450 e. The number of alkyl halides is 3. The Hall–Kier alpha value is -3.26. The number of hydrogen-bond donors (Lipinski definition) is 2. The monoisotopic (exact) mass is 409 g/mol. The van der Waals surface area contributed by atoms with Crippen molar-refractivity contribution >= 4 is 23.4 Å². The summed E-state index contributed by atoms with van der Waals surface area (Å²) in [7, 11) is 0. The fourth-order valence-electron chi connectivity index (χ4n) is 2.43. The predicted octanol–water partition coefficient (Wildman–Crippen LogP) is 4.89.